The molecule has 1 saturated heterocycles. The van der Waals surface area contributed by atoms with E-state index in [0.717, 1.165) is 42.2 Å². The van der Waals surface area contributed by atoms with E-state index in [9.17, 15) is 9.90 Å². The van der Waals surface area contributed by atoms with Gasteiger partial charge in [-0.15, -0.1) is 0 Å². The van der Waals surface area contributed by atoms with Crippen molar-refractivity contribution in [1.82, 2.24) is 14.9 Å². The summed E-state index contributed by atoms with van der Waals surface area (Å²) in [6.45, 7) is 4.11. The first kappa shape index (κ1) is 22.0. The van der Waals surface area contributed by atoms with Crippen LogP contribution in [0.2, 0.25) is 0 Å². The predicted molar refractivity (Wildman–Crippen MR) is 122 cm³/mol. The molecule has 0 bridgehead atoms. The molecule has 7 heteroatoms. The Morgan fingerprint density at radius 1 is 1.06 bits per heavy atom. The Morgan fingerprint density at radius 3 is 2.47 bits per heavy atom. The molecule has 4 rings (SSSR count). The fraction of sp³-hybridized carbons (Fsp3) is 0.360. The number of aromatic amines is 1. The van der Waals surface area contributed by atoms with Crippen LogP contribution >= 0.6 is 0 Å². The molecule has 32 heavy (non-hydrogen) atoms. The molecule has 1 fully saturated rings. The van der Waals surface area contributed by atoms with Crippen molar-refractivity contribution in [3.63, 3.8) is 0 Å². The van der Waals surface area contributed by atoms with Gasteiger partial charge in [0.1, 0.15) is 17.3 Å². The minimum Gasteiger partial charge on any atom is -0.497 e. The number of nitrogens with zero attached hydrogens (tertiary/aromatic N) is 2. The van der Waals surface area contributed by atoms with Crippen molar-refractivity contribution in [1.29, 1.82) is 0 Å². The van der Waals surface area contributed by atoms with Crippen LogP contribution in [-0.2, 0) is 13.2 Å². The van der Waals surface area contributed by atoms with E-state index in [1.165, 1.54) is 5.56 Å². The zero-order valence-corrected chi connectivity index (χ0v) is 18.7. The lowest BCUT2D eigenvalue weighted by Gasteiger charge is -2.19. The number of aliphatic hydroxyl groups is 1. The molecule has 1 aliphatic rings. The van der Waals surface area contributed by atoms with Crippen molar-refractivity contribution in [2.75, 3.05) is 27.3 Å². The van der Waals surface area contributed by atoms with Crippen LogP contribution in [0.1, 0.15) is 40.0 Å². The van der Waals surface area contributed by atoms with Crippen molar-refractivity contribution in [2.24, 2.45) is 0 Å². The highest BCUT2D eigenvalue weighted by atomic mass is 16.5. The van der Waals surface area contributed by atoms with Gasteiger partial charge in [-0.1, -0.05) is 18.2 Å². The zero-order chi connectivity index (χ0) is 22.7. The van der Waals surface area contributed by atoms with Gasteiger partial charge < -0.3 is 19.6 Å². The van der Waals surface area contributed by atoms with Crippen LogP contribution in [0.4, 0.5) is 0 Å². The molecule has 0 unspecified atom stereocenters. The van der Waals surface area contributed by atoms with E-state index in [0.29, 0.717) is 11.6 Å². The van der Waals surface area contributed by atoms with E-state index in [1.54, 1.807) is 20.3 Å². The SMILES string of the molecule is COc1ccc([C@@H]2CN(Cc3ccc(OC)c(CO)c3)C[C@H]2c2cc(=O)[nH]c(C)n2)cc1. The molecule has 1 aliphatic heterocycles. The Bertz CT molecular complexity index is 1130. The van der Waals surface area contributed by atoms with Gasteiger partial charge in [-0.25, -0.2) is 4.98 Å². The van der Waals surface area contributed by atoms with Crippen molar-refractivity contribution in [3.8, 4) is 11.5 Å². The Hall–Kier alpha value is -3.16. The highest BCUT2D eigenvalue weighted by molar-refractivity contribution is 5.37. The number of aromatic nitrogens is 2. The zero-order valence-electron chi connectivity index (χ0n) is 18.7. The van der Waals surface area contributed by atoms with Gasteiger partial charge in [0.2, 0.25) is 0 Å². The number of aryl methyl sites for hydroxylation is 1. The van der Waals surface area contributed by atoms with Gasteiger partial charge in [-0.2, -0.15) is 0 Å². The fourth-order valence-corrected chi connectivity index (χ4v) is 4.61. The lowest BCUT2D eigenvalue weighted by molar-refractivity contribution is 0.273. The monoisotopic (exact) mass is 435 g/mol. The van der Waals surface area contributed by atoms with Gasteiger partial charge in [-0.05, 0) is 42.3 Å². The van der Waals surface area contributed by atoms with E-state index >= 15 is 0 Å². The first-order chi connectivity index (χ1) is 15.5. The highest BCUT2D eigenvalue weighted by Crippen LogP contribution is 2.40. The maximum absolute atomic E-state index is 12.1. The first-order valence-electron chi connectivity index (χ1n) is 10.7. The van der Waals surface area contributed by atoms with Crippen molar-refractivity contribution < 1.29 is 14.6 Å². The van der Waals surface area contributed by atoms with E-state index < -0.39 is 0 Å². The number of rotatable bonds is 7. The van der Waals surface area contributed by atoms with Crippen molar-refractivity contribution >= 4 is 0 Å². The van der Waals surface area contributed by atoms with Crippen LogP contribution in [0.15, 0.2) is 53.3 Å². The average molecular weight is 436 g/mol. The number of aliphatic hydroxyl groups excluding tert-OH is 1. The molecule has 2 aromatic carbocycles. The molecule has 2 atom stereocenters. The lowest BCUT2D eigenvalue weighted by atomic mass is 9.86. The normalized spacial score (nSPS) is 18.6. The van der Waals surface area contributed by atoms with Crippen LogP contribution in [0.3, 0.4) is 0 Å². The Kier molecular flexibility index (Phi) is 6.58. The molecule has 1 aromatic heterocycles. The van der Waals surface area contributed by atoms with E-state index in [4.69, 9.17) is 9.47 Å². The fourth-order valence-electron chi connectivity index (χ4n) is 4.61. The van der Waals surface area contributed by atoms with Crippen molar-refractivity contribution in [2.45, 2.75) is 31.9 Å². The molecule has 0 amide bonds. The number of ether oxygens (including phenoxy) is 2. The Labute approximate surface area is 187 Å². The third-order valence-electron chi connectivity index (χ3n) is 6.12. The molecule has 2 heterocycles. The number of nitrogens with one attached hydrogen (secondary N) is 1. The van der Waals surface area contributed by atoms with Gasteiger partial charge in [-0.3, -0.25) is 9.69 Å². The quantitative estimate of drug-likeness (QED) is 0.593. The number of methoxy groups -OCH3 is 2. The second-order valence-electron chi connectivity index (χ2n) is 8.24. The molecular formula is C25H29N3O4. The molecule has 0 aliphatic carbocycles. The smallest absolute Gasteiger partial charge is 0.251 e. The number of likely N-dealkylation sites (tertiary alicyclic amines) is 1. The third-order valence-corrected chi connectivity index (χ3v) is 6.12. The summed E-state index contributed by atoms with van der Waals surface area (Å²) in [5.74, 6) is 2.43. The van der Waals surface area contributed by atoms with Gasteiger partial charge in [0, 0.05) is 43.1 Å². The summed E-state index contributed by atoms with van der Waals surface area (Å²) in [6.07, 6.45) is 0. The maximum atomic E-state index is 12.1. The van der Waals surface area contributed by atoms with E-state index in [2.05, 4.69) is 27.0 Å². The molecule has 2 N–H and O–H groups in total. The molecule has 3 aromatic rings. The maximum Gasteiger partial charge on any atom is 0.251 e. The number of hydrogen-bond donors (Lipinski definition) is 2. The molecule has 0 spiro atoms. The van der Waals surface area contributed by atoms with Gasteiger partial charge in [0.25, 0.3) is 5.56 Å². The molecule has 7 nitrogen and oxygen atoms in total. The van der Waals surface area contributed by atoms with Crippen LogP contribution in [0, 0.1) is 6.92 Å². The summed E-state index contributed by atoms with van der Waals surface area (Å²) < 4.78 is 10.6. The number of benzene rings is 2. The van der Waals surface area contributed by atoms with Crippen LogP contribution in [0.25, 0.3) is 0 Å². The average Bonchev–Trinajstić information content (AvgIpc) is 3.22. The summed E-state index contributed by atoms with van der Waals surface area (Å²) in [7, 11) is 3.27. The number of hydrogen-bond acceptors (Lipinski definition) is 6. The molecular weight excluding hydrogens is 406 g/mol. The second kappa shape index (κ2) is 9.54. The summed E-state index contributed by atoms with van der Waals surface area (Å²) in [5.41, 5.74) is 3.78. The Morgan fingerprint density at radius 2 is 1.81 bits per heavy atom. The van der Waals surface area contributed by atoms with E-state index in [1.807, 2.05) is 37.3 Å². The van der Waals surface area contributed by atoms with Crippen LogP contribution in [0.5, 0.6) is 11.5 Å². The molecule has 0 saturated carbocycles. The largest absolute Gasteiger partial charge is 0.497 e. The van der Waals surface area contributed by atoms with Crippen molar-refractivity contribution in [3.05, 3.63) is 87.1 Å². The summed E-state index contributed by atoms with van der Waals surface area (Å²) in [6, 6.07) is 15.7. The molecule has 0 radical (unpaired) electrons. The van der Waals surface area contributed by atoms with E-state index in [-0.39, 0.29) is 24.0 Å². The van der Waals surface area contributed by atoms with Gasteiger partial charge in [0.15, 0.2) is 0 Å². The summed E-state index contributed by atoms with van der Waals surface area (Å²) >= 11 is 0. The summed E-state index contributed by atoms with van der Waals surface area (Å²) in [5, 5.41) is 9.67. The lowest BCUT2D eigenvalue weighted by Crippen LogP contribution is -2.21. The third kappa shape index (κ3) is 4.69. The first-order valence-corrected chi connectivity index (χ1v) is 10.7. The van der Waals surface area contributed by atoms with Crippen LogP contribution in [-0.4, -0.2) is 47.3 Å². The van der Waals surface area contributed by atoms with Gasteiger partial charge in [0.05, 0.1) is 26.5 Å². The molecule has 168 valence electrons. The minimum atomic E-state index is -0.123. The topological polar surface area (TPSA) is 87.7 Å². The summed E-state index contributed by atoms with van der Waals surface area (Å²) in [4.78, 5) is 21.9. The Balaban J connectivity index is 1.63. The second-order valence-corrected chi connectivity index (χ2v) is 8.24. The highest BCUT2D eigenvalue weighted by Gasteiger charge is 2.36. The predicted octanol–water partition coefficient (Wildman–Crippen LogP) is 2.97. The number of H-pyrrole nitrogens is 1. The van der Waals surface area contributed by atoms with Gasteiger partial charge >= 0.3 is 0 Å². The van der Waals surface area contributed by atoms with Crippen LogP contribution < -0.4 is 15.0 Å². The standard InChI is InChI=1S/C25H29N3O4/c1-16-26-23(11-25(30)27-16)22-14-28(12-17-4-9-24(32-3)19(10-17)15-29)13-21(22)18-5-7-20(31-2)8-6-18/h4-11,21-22,29H,12-15H2,1-3H3,(H,26,27,30)/t21-,22+/m0/s1. The minimum absolute atomic E-state index is 0.0654.